The lowest BCUT2D eigenvalue weighted by atomic mass is 9.92. The second kappa shape index (κ2) is 11.2. The van der Waals surface area contributed by atoms with Gasteiger partial charge in [0.2, 0.25) is 0 Å². The predicted octanol–water partition coefficient (Wildman–Crippen LogP) is 4.96. The molecule has 1 saturated carbocycles. The summed E-state index contributed by atoms with van der Waals surface area (Å²) in [6.45, 7) is 1.41. The number of aromatic amines is 1. The van der Waals surface area contributed by atoms with E-state index >= 15 is 0 Å². The van der Waals surface area contributed by atoms with Crippen molar-refractivity contribution in [3.8, 4) is 0 Å². The first-order chi connectivity index (χ1) is 20.9. The number of rotatable bonds is 6. The molecule has 3 aromatic heterocycles. The minimum Gasteiger partial charge on any atom is -0.375 e. The van der Waals surface area contributed by atoms with Gasteiger partial charge in [0.15, 0.2) is 17.3 Å². The molecule has 7 rings (SSSR count). The Hall–Kier alpha value is -4.06. The normalized spacial score (nSPS) is 21.9. The average Bonchev–Trinajstić information content (AvgIpc) is 3.72. The van der Waals surface area contributed by atoms with E-state index in [1.54, 1.807) is 34.9 Å². The topological polar surface area (TPSA) is 110 Å². The first-order valence-electron chi connectivity index (χ1n) is 15.1. The number of imidazole rings is 2. The number of halogens is 2. The summed E-state index contributed by atoms with van der Waals surface area (Å²) in [5, 5.41) is 3.20. The van der Waals surface area contributed by atoms with Gasteiger partial charge in [0, 0.05) is 44.9 Å². The van der Waals surface area contributed by atoms with Crippen LogP contribution in [0, 0.1) is 17.6 Å². The van der Waals surface area contributed by atoms with Crippen LogP contribution < -0.4 is 11.0 Å². The Morgan fingerprint density at radius 2 is 1.88 bits per heavy atom. The smallest absolute Gasteiger partial charge is 0.327 e. The number of H-pyrrole nitrogens is 1. The summed E-state index contributed by atoms with van der Waals surface area (Å²) < 4.78 is 38.9. The largest absolute Gasteiger partial charge is 0.375 e. The molecule has 2 amide bonds. The Morgan fingerprint density at radius 1 is 1.07 bits per heavy atom. The Morgan fingerprint density at radius 3 is 2.65 bits per heavy atom. The molecule has 10 nitrogen and oxygen atoms in total. The SMILES string of the molecule is COC(c1cnc2n1C[C@H](c1cccc(F)c1F)CC[C@H]2NC(=O)N1CCC(n2c(=O)[nH]c3ncccc32)CC1)C1CC1. The summed E-state index contributed by atoms with van der Waals surface area (Å²) in [6.07, 6.45) is 7.80. The highest BCUT2D eigenvalue weighted by Crippen LogP contribution is 2.45. The molecule has 3 atom stereocenters. The molecule has 1 unspecified atom stereocenters. The standard InChI is InChI=1S/C31H35F2N7O3/c1-43-27(18-7-8-18)25-16-35-29-23(10-9-19(17-39(25)29)21-4-2-5-22(32)26(21)33)36-30(41)38-14-11-20(12-15-38)40-24-6-3-13-34-28(24)37-31(40)42/h2-6,13,16,18-20,23,27H,7-12,14-15,17H2,1H3,(H,36,41)(H,34,37,42)/t19-,23-,27?/m1/s1. The Balaban J connectivity index is 1.11. The third-order valence-corrected chi connectivity index (χ3v) is 9.36. The number of hydrogen-bond acceptors (Lipinski definition) is 5. The molecular formula is C31H35F2N7O3. The van der Waals surface area contributed by atoms with Gasteiger partial charge in [-0.3, -0.25) is 9.55 Å². The molecule has 2 N–H and O–H groups in total. The number of aromatic nitrogens is 5. The summed E-state index contributed by atoms with van der Waals surface area (Å²) in [5.74, 6) is -0.872. The number of carbonyl (C=O) groups is 1. The Bertz CT molecular complexity index is 1700. The van der Waals surface area contributed by atoms with Crippen molar-refractivity contribution < 1.29 is 18.3 Å². The van der Waals surface area contributed by atoms with E-state index in [0.29, 0.717) is 68.3 Å². The van der Waals surface area contributed by atoms with E-state index in [9.17, 15) is 18.4 Å². The molecule has 43 heavy (non-hydrogen) atoms. The van der Waals surface area contributed by atoms with Crippen molar-refractivity contribution in [3.63, 3.8) is 0 Å². The number of benzene rings is 1. The molecule has 2 aliphatic heterocycles. The van der Waals surface area contributed by atoms with Gasteiger partial charge < -0.3 is 19.5 Å². The lowest BCUT2D eigenvalue weighted by Gasteiger charge is -2.33. The molecule has 3 aliphatic rings. The number of ether oxygens (including phenoxy) is 1. The van der Waals surface area contributed by atoms with Gasteiger partial charge in [-0.05, 0) is 68.2 Å². The zero-order chi connectivity index (χ0) is 29.7. The summed E-state index contributed by atoms with van der Waals surface area (Å²) in [4.78, 5) is 39.9. The van der Waals surface area contributed by atoms with Crippen molar-refractivity contribution in [2.75, 3.05) is 20.2 Å². The fraction of sp³-hybridized carbons (Fsp3) is 0.484. The molecule has 5 heterocycles. The molecule has 226 valence electrons. The summed E-state index contributed by atoms with van der Waals surface area (Å²) >= 11 is 0. The quantitative estimate of drug-likeness (QED) is 0.329. The van der Waals surface area contributed by atoms with Crippen molar-refractivity contribution in [3.05, 3.63) is 81.9 Å². The van der Waals surface area contributed by atoms with Crippen LogP contribution in [0.1, 0.15) is 79.7 Å². The van der Waals surface area contributed by atoms with Crippen LogP contribution in [-0.4, -0.2) is 55.2 Å². The number of fused-ring (bicyclic) bond motifs is 2. The van der Waals surface area contributed by atoms with Gasteiger partial charge in [-0.1, -0.05) is 12.1 Å². The summed E-state index contributed by atoms with van der Waals surface area (Å²) in [7, 11) is 1.69. The van der Waals surface area contributed by atoms with E-state index < -0.39 is 17.7 Å². The highest BCUT2D eigenvalue weighted by molar-refractivity contribution is 5.75. The number of urea groups is 1. The number of nitrogens with one attached hydrogen (secondary N) is 2. The first-order valence-corrected chi connectivity index (χ1v) is 15.1. The minimum absolute atomic E-state index is 0.0378. The zero-order valence-electron chi connectivity index (χ0n) is 24.0. The fourth-order valence-electron chi connectivity index (χ4n) is 6.99. The van der Waals surface area contributed by atoms with Crippen molar-refractivity contribution in [2.24, 2.45) is 5.92 Å². The maximum atomic E-state index is 15.0. The van der Waals surface area contributed by atoms with Crippen molar-refractivity contribution in [1.82, 2.24) is 34.3 Å². The molecule has 0 bridgehead atoms. The summed E-state index contributed by atoms with van der Waals surface area (Å²) in [5.41, 5.74) is 2.37. The van der Waals surface area contributed by atoms with E-state index in [4.69, 9.17) is 9.72 Å². The Kier molecular flexibility index (Phi) is 7.24. The number of methoxy groups -OCH3 is 1. The van der Waals surface area contributed by atoms with Gasteiger partial charge in [0.05, 0.1) is 23.4 Å². The third kappa shape index (κ3) is 5.11. The van der Waals surface area contributed by atoms with Gasteiger partial charge in [-0.2, -0.15) is 0 Å². The number of amides is 2. The monoisotopic (exact) mass is 591 g/mol. The van der Waals surface area contributed by atoms with E-state index in [1.165, 1.54) is 0 Å². The number of carbonyl (C=O) groups excluding carboxylic acids is 1. The van der Waals surface area contributed by atoms with Gasteiger partial charge in [-0.25, -0.2) is 28.3 Å². The zero-order valence-corrected chi connectivity index (χ0v) is 24.0. The van der Waals surface area contributed by atoms with Crippen LogP contribution in [0.15, 0.2) is 47.5 Å². The maximum Gasteiger partial charge on any atom is 0.327 e. The van der Waals surface area contributed by atoms with Crippen LogP contribution >= 0.6 is 0 Å². The van der Waals surface area contributed by atoms with Gasteiger partial charge in [0.1, 0.15) is 11.9 Å². The number of pyridine rings is 1. The van der Waals surface area contributed by atoms with Crippen molar-refractivity contribution in [1.29, 1.82) is 0 Å². The summed E-state index contributed by atoms with van der Waals surface area (Å²) in [6, 6.07) is 7.37. The first kappa shape index (κ1) is 27.8. The molecule has 1 aromatic carbocycles. The number of nitrogens with zero attached hydrogens (tertiary/aromatic N) is 5. The minimum atomic E-state index is -0.861. The Labute approximate surface area is 247 Å². The number of piperidine rings is 1. The van der Waals surface area contributed by atoms with Crippen LogP contribution in [0.2, 0.25) is 0 Å². The lowest BCUT2D eigenvalue weighted by molar-refractivity contribution is 0.0773. The number of likely N-dealkylation sites (tertiary alicyclic amines) is 1. The van der Waals surface area contributed by atoms with E-state index in [2.05, 4.69) is 19.9 Å². The molecule has 12 heteroatoms. The van der Waals surface area contributed by atoms with Gasteiger partial charge in [-0.15, -0.1) is 0 Å². The molecular weight excluding hydrogens is 556 g/mol. The molecule has 0 radical (unpaired) electrons. The molecule has 2 fully saturated rings. The van der Waals surface area contributed by atoms with Crippen LogP contribution in [0.5, 0.6) is 0 Å². The van der Waals surface area contributed by atoms with Crippen LogP contribution in [0.25, 0.3) is 11.2 Å². The third-order valence-electron chi connectivity index (χ3n) is 9.36. The molecule has 1 aliphatic carbocycles. The van der Waals surface area contributed by atoms with E-state index in [-0.39, 0.29) is 29.8 Å². The highest BCUT2D eigenvalue weighted by Gasteiger charge is 2.38. The van der Waals surface area contributed by atoms with Crippen LogP contribution in [0.3, 0.4) is 0 Å². The molecule has 0 spiro atoms. The maximum absolute atomic E-state index is 15.0. The average molecular weight is 592 g/mol. The van der Waals surface area contributed by atoms with Crippen molar-refractivity contribution in [2.45, 2.75) is 69.2 Å². The fourth-order valence-corrected chi connectivity index (χ4v) is 6.99. The second-order valence-electron chi connectivity index (χ2n) is 12.0. The van der Waals surface area contributed by atoms with Crippen LogP contribution in [-0.2, 0) is 11.3 Å². The van der Waals surface area contributed by atoms with Crippen molar-refractivity contribution >= 4 is 17.2 Å². The van der Waals surface area contributed by atoms with E-state index in [0.717, 1.165) is 30.1 Å². The van der Waals surface area contributed by atoms with Gasteiger partial charge in [0.25, 0.3) is 0 Å². The number of hydrogen-bond donors (Lipinski definition) is 2. The second-order valence-corrected chi connectivity index (χ2v) is 12.0. The van der Waals surface area contributed by atoms with Crippen LogP contribution in [0.4, 0.5) is 13.6 Å². The molecule has 1 saturated heterocycles. The lowest BCUT2D eigenvalue weighted by Crippen LogP contribution is -2.46. The van der Waals surface area contributed by atoms with E-state index in [1.807, 2.05) is 18.3 Å². The highest BCUT2D eigenvalue weighted by atomic mass is 19.2. The predicted molar refractivity (Wildman–Crippen MR) is 155 cm³/mol. The molecule has 4 aromatic rings. The van der Waals surface area contributed by atoms with Gasteiger partial charge >= 0.3 is 11.7 Å².